The van der Waals surface area contributed by atoms with Gasteiger partial charge in [0.1, 0.15) is 5.01 Å². The molecule has 2 amide bonds. The summed E-state index contributed by atoms with van der Waals surface area (Å²) >= 11 is 7.55. The van der Waals surface area contributed by atoms with Crippen LogP contribution in [-0.4, -0.2) is 22.0 Å². The SMILES string of the molecule is O=C(C[C@@H](NC(=O)c1ccccc1Cl)c1ccccc1)Nc1nnc(C2CC2)s1. The first-order valence-electron chi connectivity index (χ1n) is 9.34. The third kappa shape index (κ3) is 4.99. The summed E-state index contributed by atoms with van der Waals surface area (Å²) in [5, 5.41) is 15.7. The second kappa shape index (κ2) is 8.71. The quantitative estimate of drug-likeness (QED) is 0.579. The van der Waals surface area contributed by atoms with Crippen LogP contribution in [0.15, 0.2) is 54.6 Å². The van der Waals surface area contributed by atoms with Crippen LogP contribution in [0.5, 0.6) is 0 Å². The first kappa shape index (κ1) is 19.5. The number of anilines is 1. The Bertz CT molecular complexity index is 1020. The molecule has 0 saturated heterocycles. The molecule has 0 radical (unpaired) electrons. The first-order valence-corrected chi connectivity index (χ1v) is 10.5. The van der Waals surface area contributed by atoms with E-state index in [4.69, 9.17) is 11.6 Å². The molecule has 2 aromatic carbocycles. The van der Waals surface area contributed by atoms with E-state index in [-0.39, 0.29) is 18.2 Å². The Morgan fingerprint density at radius 2 is 1.79 bits per heavy atom. The van der Waals surface area contributed by atoms with Gasteiger partial charge in [-0.25, -0.2) is 0 Å². The maximum Gasteiger partial charge on any atom is 0.253 e. The number of benzene rings is 2. The molecule has 6 nitrogen and oxygen atoms in total. The number of carbonyl (C=O) groups excluding carboxylic acids is 2. The minimum Gasteiger partial charge on any atom is -0.345 e. The highest BCUT2D eigenvalue weighted by Crippen LogP contribution is 2.42. The summed E-state index contributed by atoms with van der Waals surface area (Å²) in [5.41, 5.74) is 1.20. The molecule has 148 valence electrons. The fraction of sp³-hybridized carbons (Fsp3) is 0.238. The van der Waals surface area contributed by atoms with Crippen molar-refractivity contribution in [1.29, 1.82) is 0 Å². The highest BCUT2D eigenvalue weighted by molar-refractivity contribution is 7.15. The zero-order valence-corrected chi connectivity index (χ0v) is 17.0. The van der Waals surface area contributed by atoms with Gasteiger partial charge in [-0.1, -0.05) is 65.4 Å². The van der Waals surface area contributed by atoms with Gasteiger partial charge < -0.3 is 10.6 Å². The van der Waals surface area contributed by atoms with Crippen LogP contribution in [0, 0.1) is 0 Å². The number of nitrogens with one attached hydrogen (secondary N) is 2. The van der Waals surface area contributed by atoms with Crippen LogP contribution in [-0.2, 0) is 4.79 Å². The zero-order valence-electron chi connectivity index (χ0n) is 15.5. The van der Waals surface area contributed by atoms with E-state index >= 15 is 0 Å². The molecular weight excluding hydrogens is 408 g/mol. The standard InChI is InChI=1S/C21H19ClN4O2S/c22-16-9-5-4-8-15(16)19(28)23-17(13-6-2-1-3-7-13)12-18(27)24-21-26-25-20(29-21)14-10-11-14/h1-9,14,17H,10-12H2,(H,23,28)(H,24,26,27)/t17-/m1/s1. The van der Waals surface area contributed by atoms with Crippen molar-refractivity contribution in [3.8, 4) is 0 Å². The molecule has 0 unspecified atom stereocenters. The van der Waals surface area contributed by atoms with Crippen molar-refractivity contribution in [1.82, 2.24) is 15.5 Å². The summed E-state index contributed by atoms with van der Waals surface area (Å²) in [7, 11) is 0. The van der Waals surface area contributed by atoms with Gasteiger partial charge in [0.15, 0.2) is 0 Å². The lowest BCUT2D eigenvalue weighted by Crippen LogP contribution is -2.31. The Morgan fingerprint density at radius 3 is 2.52 bits per heavy atom. The Balaban J connectivity index is 1.47. The Hall–Kier alpha value is -2.77. The van der Waals surface area contributed by atoms with Crippen molar-refractivity contribution < 1.29 is 9.59 Å². The van der Waals surface area contributed by atoms with E-state index in [0.717, 1.165) is 23.4 Å². The molecule has 1 heterocycles. The normalized spacial score (nSPS) is 14.2. The second-order valence-corrected chi connectivity index (χ2v) is 8.30. The number of hydrogen-bond donors (Lipinski definition) is 2. The van der Waals surface area contributed by atoms with Gasteiger partial charge in [0, 0.05) is 5.92 Å². The van der Waals surface area contributed by atoms with Gasteiger partial charge in [0.2, 0.25) is 11.0 Å². The van der Waals surface area contributed by atoms with E-state index in [9.17, 15) is 9.59 Å². The predicted molar refractivity (Wildman–Crippen MR) is 113 cm³/mol. The van der Waals surface area contributed by atoms with E-state index in [1.54, 1.807) is 24.3 Å². The maximum atomic E-state index is 12.7. The number of hydrogen-bond acceptors (Lipinski definition) is 5. The van der Waals surface area contributed by atoms with Gasteiger partial charge in [0.25, 0.3) is 5.91 Å². The average molecular weight is 427 g/mol. The minimum atomic E-state index is -0.504. The van der Waals surface area contributed by atoms with Gasteiger partial charge in [0.05, 0.1) is 23.0 Å². The van der Waals surface area contributed by atoms with Gasteiger partial charge in [-0.3, -0.25) is 9.59 Å². The molecule has 8 heteroatoms. The largest absolute Gasteiger partial charge is 0.345 e. The van der Waals surface area contributed by atoms with Gasteiger partial charge in [-0.2, -0.15) is 0 Å². The molecule has 1 atom stereocenters. The molecule has 0 aliphatic heterocycles. The molecule has 0 spiro atoms. The fourth-order valence-electron chi connectivity index (χ4n) is 2.95. The molecule has 1 saturated carbocycles. The number of nitrogens with zero attached hydrogens (tertiary/aromatic N) is 2. The maximum absolute atomic E-state index is 12.7. The molecule has 4 rings (SSSR count). The monoisotopic (exact) mass is 426 g/mol. The summed E-state index contributed by atoms with van der Waals surface area (Å²) in [6.07, 6.45) is 2.33. The van der Waals surface area contributed by atoms with Gasteiger partial charge in [-0.15, -0.1) is 10.2 Å². The molecule has 3 aromatic rings. The number of amides is 2. The lowest BCUT2D eigenvalue weighted by molar-refractivity contribution is -0.116. The Labute approximate surface area is 177 Å². The van der Waals surface area contributed by atoms with Crippen LogP contribution in [0.4, 0.5) is 5.13 Å². The fourth-order valence-corrected chi connectivity index (χ4v) is 4.11. The molecule has 1 fully saturated rings. The third-order valence-corrected chi connectivity index (χ3v) is 5.96. The highest BCUT2D eigenvalue weighted by atomic mass is 35.5. The molecule has 29 heavy (non-hydrogen) atoms. The van der Waals surface area contributed by atoms with E-state index < -0.39 is 6.04 Å². The number of rotatable bonds is 7. The Kier molecular flexibility index (Phi) is 5.87. The Morgan fingerprint density at radius 1 is 1.07 bits per heavy atom. The number of aromatic nitrogens is 2. The first-order chi connectivity index (χ1) is 14.1. The van der Waals surface area contributed by atoms with Crippen molar-refractivity contribution >= 4 is 39.9 Å². The van der Waals surface area contributed by atoms with Crippen LogP contribution in [0.2, 0.25) is 5.02 Å². The number of halogens is 1. The number of carbonyl (C=O) groups is 2. The molecule has 0 bridgehead atoms. The molecule has 2 N–H and O–H groups in total. The smallest absolute Gasteiger partial charge is 0.253 e. The van der Waals surface area contributed by atoms with E-state index in [2.05, 4.69) is 20.8 Å². The molecule has 1 aliphatic rings. The van der Waals surface area contributed by atoms with Gasteiger partial charge >= 0.3 is 0 Å². The van der Waals surface area contributed by atoms with Gasteiger partial charge in [-0.05, 0) is 30.5 Å². The van der Waals surface area contributed by atoms with Crippen molar-refractivity contribution in [2.75, 3.05) is 5.32 Å². The van der Waals surface area contributed by atoms with Crippen LogP contribution in [0.25, 0.3) is 0 Å². The lowest BCUT2D eigenvalue weighted by atomic mass is 10.0. The van der Waals surface area contributed by atoms with Crippen LogP contribution < -0.4 is 10.6 Å². The van der Waals surface area contributed by atoms with Crippen molar-refractivity contribution in [3.05, 3.63) is 75.8 Å². The summed E-state index contributed by atoms with van der Waals surface area (Å²) in [5.74, 6) is -0.0777. The van der Waals surface area contributed by atoms with Crippen molar-refractivity contribution in [2.45, 2.75) is 31.2 Å². The van der Waals surface area contributed by atoms with Crippen molar-refractivity contribution in [2.24, 2.45) is 0 Å². The topological polar surface area (TPSA) is 84.0 Å². The summed E-state index contributed by atoms with van der Waals surface area (Å²) in [4.78, 5) is 25.4. The zero-order chi connectivity index (χ0) is 20.2. The molecule has 1 aliphatic carbocycles. The summed E-state index contributed by atoms with van der Waals surface area (Å²) in [6, 6.07) is 15.7. The van der Waals surface area contributed by atoms with E-state index in [0.29, 0.717) is 21.6 Å². The average Bonchev–Trinajstić information content (AvgIpc) is 3.48. The van der Waals surface area contributed by atoms with E-state index in [1.807, 2.05) is 30.3 Å². The summed E-state index contributed by atoms with van der Waals surface area (Å²) in [6.45, 7) is 0. The summed E-state index contributed by atoms with van der Waals surface area (Å²) < 4.78 is 0. The molecule has 1 aromatic heterocycles. The predicted octanol–water partition coefficient (Wildman–Crippen LogP) is 4.57. The van der Waals surface area contributed by atoms with E-state index in [1.165, 1.54) is 11.3 Å². The molecular formula is C21H19ClN4O2S. The van der Waals surface area contributed by atoms with Crippen LogP contribution >= 0.6 is 22.9 Å². The van der Waals surface area contributed by atoms with Crippen molar-refractivity contribution in [3.63, 3.8) is 0 Å². The van der Waals surface area contributed by atoms with Crippen LogP contribution in [0.1, 0.15) is 52.2 Å². The highest BCUT2D eigenvalue weighted by Gasteiger charge is 2.28. The lowest BCUT2D eigenvalue weighted by Gasteiger charge is -2.19. The van der Waals surface area contributed by atoms with Crippen LogP contribution in [0.3, 0.4) is 0 Å². The third-order valence-electron chi connectivity index (χ3n) is 4.63. The minimum absolute atomic E-state index is 0.0680. The second-order valence-electron chi connectivity index (χ2n) is 6.89.